The van der Waals surface area contributed by atoms with E-state index in [0.29, 0.717) is 42.0 Å². The lowest BCUT2D eigenvalue weighted by molar-refractivity contribution is -0.384. The second kappa shape index (κ2) is 9.83. The molecule has 1 aliphatic heterocycles. The first-order valence-electron chi connectivity index (χ1n) is 10.5. The fourth-order valence-corrected chi connectivity index (χ4v) is 3.97. The number of nitro benzene ring substituents is 1. The average Bonchev–Trinajstić information content (AvgIpc) is 3.03. The van der Waals surface area contributed by atoms with E-state index < -0.39 is 22.7 Å². The fourth-order valence-electron chi connectivity index (χ4n) is 3.97. The Kier molecular flexibility index (Phi) is 7.13. The van der Waals surface area contributed by atoms with Crippen molar-refractivity contribution in [2.45, 2.75) is 19.4 Å². The topological polar surface area (TPSA) is 113 Å². The molecule has 1 saturated heterocycles. The fraction of sp³-hybridized carbons (Fsp3) is 0.333. The number of methoxy groups -OCH3 is 1. The van der Waals surface area contributed by atoms with Crippen LogP contribution in [0.1, 0.15) is 29.2 Å². The van der Waals surface area contributed by atoms with Gasteiger partial charge in [0.05, 0.1) is 23.6 Å². The van der Waals surface area contributed by atoms with E-state index in [2.05, 4.69) is 0 Å². The average molecular weight is 453 g/mol. The summed E-state index contributed by atoms with van der Waals surface area (Å²) in [5, 5.41) is 22.3. The van der Waals surface area contributed by atoms with Crippen molar-refractivity contribution >= 4 is 23.1 Å². The van der Waals surface area contributed by atoms with Gasteiger partial charge in [0.25, 0.3) is 17.4 Å². The molecule has 1 aliphatic rings. The number of Topliss-reactive ketones (excluding diaryl/α,β-unsaturated/α-hetero) is 1. The van der Waals surface area contributed by atoms with E-state index in [1.54, 1.807) is 25.1 Å². The molecule has 1 N–H and O–H groups in total. The maximum Gasteiger partial charge on any atom is 0.295 e. The van der Waals surface area contributed by atoms with Crippen LogP contribution in [0.4, 0.5) is 5.69 Å². The number of aliphatic hydroxyl groups excluding tert-OH is 1. The standard InChI is InChI=1S/C24H27N3O6/c1-15-14-18(33-4)10-11-19(15)22(28)20-21(16-6-8-17(9-7-16)27(31)32)26(24(30)23(20)29)13-5-12-25(2)3/h6-11,14,21,28H,5,12-13H2,1-4H3/b22-20+. The lowest BCUT2D eigenvalue weighted by Crippen LogP contribution is -2.32. The molecule has 1 amide bonds. The summed E-state index contributed by atoms with van der Waals surface area (Å²) in [6.07, 6.45) is 0.616. The molecule has 2 aromatic rings. The van der Waals surface area contributed by atoms with Gasteiger partial charge in [0.1, 0.15) is 11.5 Å². The van der Waals surface area contributed by atoms with Gasteiger partial charge in [0.15, 0.2) is 0 Å². The van der Waals surface area contributed by atoms with Crippen molar-refractivity contribution in [2.24, 2.45) is 0 Å². The number of amides is 1. The van der Waals surface area contributed by atoms with E-state index in [9.17, 15) is 24.8 Å². The van der Waals surface area contributed by atoms with Crippen LogP contribution in [0.2, 0.25) is 0 Å². The molecule has 0 bridgehead atoms. The molecule has 1 unspecified atom stereocenters. The van der Waals surface area contributed by atoms with Gasteiger partial charge in [-0.1, -0.05) is 0 Å². The first-order valence-corrected chi connectivity index (χ1v) is 10.5. The van der Waals surface area contributed by atoms with Crippen LogP contribution in [0.5, 0.6) is 5.75 Å². The van der Waals surface area contributed by atoms with Crippen molar-refractivity contribution in [3.63, 3.8) is 0 Å². The first-order chi connectivity index (χ1) is 15.6. The number of hydrogen-bond acceptors (Lipinski definition) is 7. The van der Waals surface area contributed by atoms with Gasteiger partial charge in [-0.25, -0.2) is 0 Å². The smallest absolute Gasteiger partial charge is 0.295 e. The maximum absolute atomic E-state index is 13.1. The predicted octanol–water partition coefficient (Wildman–Crippen LogP) is 3.29. The van der Waals surface area contributed by atoms with Crippen molar-refractivity contribution in [3.8, 4) is 5.75 Å². The summed E-state index contributed by atoms with van der Waals surface area (Å²) < 4.78 is 5.21. The summed E-state index contributed by atoms with van der Waals surface area (Å²) in [5.41, 5.74) is 1.46. The molecular weight excluding hydrogens is 426 g/mol. The molecule has 1 heterocycles. The lowest BCUT2D eigenvalue weighted by Gasteiger charge is -2.26. The molecule has 9 heteroatoms. The first kappa shape index (κ1) is 23.9. The van der Waals surface area contributed by atoms with Crippen LogP contribution in [-0.4, -0.2) is 65.8 Å². The summed E-state index contributed by atoms with van der Waals surface area (Å²) in [6, 6.07) is 9.86. The molecule has 0 radical (unpaired) electrons. The maximum atomic E-state index is 13.1. The predicted molar refractivity (Wildman–Crippen MR) is 123 cm³/mol. The molecule has 0 spiro atoms. The second-order valence-electron chi connectivity index (χ2n) is 8.18. The van der Waals surface area contributed by atoms with E-state index in [4.69, 9.17) is 4.74 Å². The van der Waals surface area contributed by atoms with Crippen LogP contribution in [0.25, 0.3) is 5.76 Å². The van der Waals surface area contributed by atoms with Crippen LogP contribution in [0.15, 0.2) is 48.0 Å². The van der Waals surface area contributed by atoms with Gasteiger partial charge < -0.3 is 19.6 Å². The van der Waals surface area contributed by atoms with Crippen LogP contribution in [0, 0.1) is 17.0 Å². The van der Waals surface area contributed by atoms with Crippen LogP contribution in [0.3, 0.4) is 0 Å². The lowest BCUT2D eigenvalue weighted by atomic mass is 9.93. The van der Waals surface area contributed by atoms with E-state index >= 15 is 0 Å². The Hall–Kier alpha value is -3.72. The van der Waals surface area contributed by atoms with Crippen molar-refractivity contribution in [3.05, 3.63) is 74.8 Å². The normalized spacial score (nSPS) is 17.6. The monoisotopic (exact) mass is 453 g/mol. The van der Waals surface area contributed by atoms with Crippen molar-refractivity contribution in [1.29, 1.82) is 0 Å². The van der Waals surface area contributed by atoms with E-state index in [-0.39, 0.29) is 17.0 Å². The summed E-state index contributed by atoms with van der Waals surface area (Å²) in [6.45, 7) is 2.77. The number of ketones is 1. The molecule has 0 aromatic heterocycles. The van der Waals surface area contributed by atoms with E-state index in [0.717, 1.165) is 0 Å². The summed E-state index contributed by atoms with van der Waals surface area (Å²) in [5.74, 6) is -1.17. The number of likely N-dealkylation sites (tertiary alicyclic amines) is 1. The SMILES string of the molecule is COc1ccc(/C(O)=C2\C(=O)C(=O)N(CCCN(C)C)C2c2ccc([N+](=O)[O-])cc2)c(C)c1. The summed E-state index contributed by atoms with van der Waals surface area (Å²) >= 11 is 0. The minimum Gasteiger partial charge on any atom is -0.507 e. The molecular formula is C24H27N3O6. The highest BCUT2D eigenvalue weighted by molar-refractivity contribution is 6.46. The van der Waals surface area contributed by atoms with Gasteiger partial charge >= 0.3 is 0 Å². The van der Waals surface area contributed by atoms with Gasteiger partial charge in [-0.05, 0) is 75.4 Å². The van der Waals surface area contributed by atoms with Gasteiger partial charge in [-0.3, -0.25) is 19.7 Å². The molecule has 2 aromatic carbocycles. The van der Waals surface area contributed by atoms with E-state index in [1.165, 1.54) is 36.3 Å². The van der Waals surface area contributed by atoms with Crippen LogP contribution >= 0.6 is 0 Å². The highest BCUT2D eigenvalue weighted by Crippen LogP contribution is 2.40. The van der Waals surface area contributed by atoms with E-state index in [1.807, 2.05) is 19.0 Å². The molecule has 9 nitrogen and oxygen atoms in total. The van der Waals surface area contributed by atoms with Gasteiger partial charge in [-0.15, -0.1) is 0 Å². The zero-order chi connectivity index (χ0) is 24.3. The highest BCUT2D eigenvalue weighted by Gasteiger charge is 2.46. The Bertz CT molecular complexity index is 1110. The number of carbonyl (C=O) groups is 2. The van der Waals surface area contributed by atoms with Crippen molar-refractivity contribution < 1.29 is 24.4 Å². The molecule has 1 fully saturated rings. The zero-order valence-electron chi connectivity index (χ0n) is 19.1. The number of benzene rings is 2. The van der Waals surface area contributed by atoms with Crippen LogP contribution in [-0.2, 0) is 9.59 Å². The number of rotatable bonds is 8. The van der Waals surface area contributed by atoms with Gasteiger partial charge in [0.2, 0.25) is 0 Å². The molecule has 33 heavy (non-hydrogen) atoms. The minimum atomic E-state index is -0.852. The van der Waals surface area contributed by atoms with Gasteiger partial charge in [-0.2, -0.15) is 0 Å². The third-order valence-corrected chi connectivity index (χ3v) is 5.65. The molecule has 3 rings (SSSR count). The van der Waals surface area contributed by atoms with Crippen LogP contribution < -0.4 is 4.74 Å². The number of hydrogen-bond donors (Lipinski definition) is 1. The second-order valence-corrected chi connectivity index (χ2v) is 8.18. The molecule has 0 saturated carbocycles. The van der Waals surface area contributed by atoms with Gasteiger partial charge in [0, 0.05) is 24.2 Å². The van der Waals surface area contributed by atoms with Crippen molar-refractivity contribution in [1.82, 2.24) is 9.80 Å². The third kappa shape index (κ3) is 4.88. The Labute approximate surface area is 192 Å². The summed E-state index contributed by atoms with van der Waals surface area (Å²) in [4.78, 5) is 40.0. The largest absolute Gasteiger partial charge is 0.507 e. The number of carbonyl (C=O) groups excluding carboxylic acids is 2. The number of aryl methyl sites for hydroxylation is 1. The number of nitro groups is 1. The third-order valence-electron chi connectivity index (χ3n) is 5.65. The quantitative estimate of drug-likeness (QED) is 0.215. The number of non-ortho nitro benzene ring substituents is 1. The highest BCUT2D eigenvalue weighted by atomic mass is 16.6. The zero-order valence-corrected chi connectivity index (χ0v) is 19.1. The number of ether oxygens (including phenoxy) is 1. The molecule has 0 aliphatic carbocycles. The molecule has 1 atom stereocenters. The minimum absolute atomic E-state index is 0.0352. The number of aliphatic hydroxyl groups is 1. The Morgan fingerprint density at radius 2 is 1.85 bits per heavy atom. The Balaban J connectivity index is 2.12. The summed E-state index contributed by atoms with van der Waals surface area (Å²) in [7, 11) is 5.35. The number of nitrogens with zero attached hydrogens (tertiary/aromatic N) is 3. The Morgan fingerprint density at radius 1 is 1.18 bits per heavy atom. The van der Waals surface area contributed by atoms with Crippen molar-refractivity contribution in [2.75, 3.05) is 34.3 Å². The molecule has 174 valence electrons. The Morgan fingerprint density at radius 3 is 2.39 bits per heavy atom.